The van der Waals surface area contributed by atoms with E-state index in [9.17, 15) is 9.59 Å². The van der Waals surface area contributed by atoms with Gasteiger partial charge in [-0.2, -0.15) is 0 Å². The third-order valence-electron chi connectivity index (χ3n) is 3.46. The van der Waals surface area contributed by atoms with Crippen molar-refractivity contribution in [2.45, 2.75) is 18.9 Å². The minimum absolute atomic E-state index is 0.0486. The number of pyridine rings is 1. The van der Waals surface area contributed by atoms with E-state index in [2.05, 4.69) is 20.3 Å². The van der Waals surface area contributed by atoms with Crippen molar-refractivity contribution in [2.75, 3.05) is 29.9 Å². The minimum Gasteiger partial charge on any atom is -0.480 e. The third-order valence-corrected chi connectivity index (χ3v) is 3.46. The van der Waals surface area contributed by atoms with Gasteiger partial charge in [-0.1, -0.05) is 5.11 Å². The molecule has 0 radical (unpaired) electrons. The highest BCUT2D eigenvalue weighted by molar-refractivity contribution is 5.95. The van der Waals surface area contributed by atoms with Crippen LogP contribution in [-0.2, 0) is 9.53 Å². The van der Waals surface area contributed by atoms with Gasteiger partial charge in [0.15, 0.2) is 18.2 Å². The molecule has 10 heteroatoms. The Morgan fingerprint density at radius 1 is 1.48 bits per heavy atom. The van der Waals surface area contributed by atoms with Gasteiger partial charge in [0.1, 0.15) is 11.9 Å². The lowest BCUT2D eigenvalue weighted by Gasteiger charge is -2.19. The molecule has 3 heterocycles. The van der Waals surface area contributed by atoms with E-state index in [1.54, 1.807) is 12.1 Å². The molecule has 1 aromatic rings. The van der Waals surface area contributed by atoms with Gasteiger partial charge in [-0.05, 0) is 30.5 Å². The standard InChI is InChI=1S/C13H14N6O4/c14-18-15-5-1-2-8-6-19(13(21)23-8)10-4-3-9-12(16-10)17-11(20)7-22-9/h3-4,8H,1-2,5-7H2,(H,16,17,20)/t8-/m1/s1. The predicted octanol–water partition coefficient (Wildman–Crippen LogP) is 1.83. The number of hydrogen-bond acceptors (Lipinski definition) is 6. The molecule has 0 aromatic carbocycles. The second kappa shape index (κ2) is 6.41. The molecule has 0 aliphatic carbocycles. The molecule has 0 spiro atoms. The molecule has 23 heavy (non-hydrogen) atoms. The van der Waals surface area contributed by atoms with Crippen LogP contribution < -0.4 is 15.0 Å². The number of fused-ring (bicyclic) bond motifs is 1. The summed E-state index contributed by atoms with van der Waals surface area (Å²) in [4.78, 5) is 31.6. The second-order valence-corrected chi connectivity index (χ2v) is 5.07. The molecule has 1 atom stereocenters. The maximum Gasteiger partial charge on any atom is 0.415 e. The lowest BCUT2D eigenvalue weighted by atomic mass is 10.2. The highest BCUT2D eigenvalue weighted by Crippen LogP contribution is 2.30. The molecular weight excluding hydrogens is 304 g/mol. The molecule has 1 saturated heterocycles. The van der Waals surface area contributed by atoms with Crippen LogP contribution in [0.2, 0.25) is 0 Å². The predicted molar refractivity (Wildman–Crippen MR) is 79.2 cm³/mol. The Morgan fingerprint density at radius 3 is 3.17 bits per heavy atom. The summed E-state index contributed by atoms with van der Waals surface area (Å²) in [5.41, 5.74) is 8.22. The molecule has 120 valence electrons. The number of cyclic esters (lactones) is 1. The van der Waals surface area contributed by atoms with Crippen LogP contribution in [0.1, 0.15) is 12.8 Å². The van der Waals surface area contributed by atoms with E-state index in [0.717, 1.165) is 0 Å². The molecule has 0 bridgehead atoms. The van der Waals surface area contributed by atoms with Gasteiger partial charge in [-0.25, -0.2) is 9.78 Å². The summed E-state index contributed by atoms with van der Waals surface area (Å²) in [7, 11) is 0. The molecule has 2 amide bonds. The van der Waals surface area contributed by atoms with Gasteiger partial charge in [0.2, 0.25) is 0 Å². The highest BCUT2D eigenvalue weighted by atomic mass is 16.6. The summed E-state index contributed by atoms with van der Waals surface area (Å²) in [6.45, 7) is 0.674. The van der Waals surface area contributed by atoms with Gasteiger partial charge in [-0.15, -0.1) is 0 Å². The number of amides is 2. The zero-order chi connectivity index (χ0) is 16.2. The number of aromatic nitrogens is 1. The maximum atomic E-state index is 12.0. The van der Waals surface area contributed by atoms with E-state index in [1.165, 1.54) is 4.90 Å². The largest absolute Gasteiger partial charge is 0.480 e. The lowest BCUT2D eigenvalue weighted by molar-refractivity contribution is -0.118. The molecular formula is C13H14N6O4. The fraction of sp³-hybridized carbons (Fsp3) is 0.462. The first-order valence-electron chi connectivity index (χ1n) is 7.10. The SMILES string of the molecule is [N-]=[N+]=NCCC[C@@H]1CN(c2ccc3c(n2)NC(=O)CO3)C(=O)O1. The molecule has 10 nitrogen and oxygen atoms in total. The summed E-state index contributed by atoms with van der Waals surface area (Å²) in [5, 5.41) is 6.04. The number of ether oxygens (including phenoxy) is 2. The molecule has 2 aliphatic rings. The Hall–Kier alpha value is -3.00. The smallest absolute Gasteiger partial charge is 0.415 e. The Kier molecular flexibility index (Phi) is 4.15. The molecule has 1 fully saturated rings. The van der Waals surface area contributed by atoms with Crippen LogP contribution in [0.5, 0.6) is 5.75 Å². The van der Waals surface area contributed by atoms with Gasteiger partial charge in [-0.3, -0.25) is 9.69 Å². The lowest BCUT2D eigenvalue weighted by Crippen LogP contribution is -2.29. The summed E-state index contributed by atoms with van der Waals surface area (Å²) in [5.74, 6) is 0.851. The van der Waals surface area contributed by atoms with E-state index in [0.29, 0.717) is 43.3 Å². The first-order valence-corrected chi connectivity index (χ1v) is 7.10. The van der Waals surface area contributed by atoms with Crippen LogP contribution >= 0.6 is 0 Å². The summed E-state index contributed by atoms with van der Waals surface area (Å²) in [6.07, 6.45) is 0.470. The monoisotopic (exact) mass is 318 g/mol. The van der Waals surface area contributed by atoms with Gasteiger partial charge in [0, 0.05) is 11.5 Å². The number of rotatable bonds is 5. The average Bonchev–Trinajstić information content (AvgIpc) is 2.91. The van der Waals surface area contributed by atoms with Crippen molar-refractivity contribution >= 4 is 23.6 Å². The van der Waals surface area contributed by atoms with Crippen molar-refractivity contribution in [3.63, 3.8) is 0 Å². The summed E-state index contributed by atoms with van der Waals surface area (Å²) < 4.78 is 10.5. The molecule has 3 rings (SSSR count). The number of anilines is 2. The zero-order valence-corrected chi connectivity index (χ0v) is 12.1. The summed E-state index contributed by atoms with van der Waals surface area (Å²) in [6, 6.07) is 3.29. The van der Waals surface area contributed by atoms with Crippen LogP contribution in [0.15, 0.2) is 17.2 Å². The third kappa shape index (κ3) is 3.27. The number of nitrogens with zero attached hydrogens (tertiary/aromatic N) is 5. The highest BCUT2D eigenvalue weighted by Gasteiger charge is 2.33. The molecule has 0 unspecified atom stereocenters. The van der Waals surface area contributed by atoms with Crippen molar-refractivity contribution < 1.29 is 19.1 Å². The fourth-order valence-electron chi connectivity index (χ4n) is 2.40. The van der Waals surface area contributed by atoms with Gasteiger partial charge in [0.05, 0.1) is 6.54 Å². The van der Waals surface area contributed by atoms with Crippen LogP contribution in [0.25, 0.3) is 10.4 Å². The zero-order valence-electron chi connectivity index (χ0n) is 12.1. The van der Waals surface area contributed by atoms with Crippen LogP contribution in [0, 0.1) is 0 Å². The number of carbonyl (C=O) groups is 2. The Labute approximate surface area is 131 Å². The van der Waals surface area contributed by atoms with Crippen LogP contribution in [0.4, 0.5) is 16.4 Å². The second-order valence-electron chi connectivity index (χ2n) is 5.07. The topological polar surface area (TPSA) is 130 Å². The van der Waals surface area contributed by atoms with Crippen molar-refractivity contribution in [2.24, 2.45) is 5.11 Å². The van der Waals surface area contributed by atoms with E-state index < -0.39 is 6.09 Å². The average molecular weight is 318 g/mol. The quantitative estimate of drug-likeness (QED) is 0.383. The molecule has 2 aliphatic heterocycles. The van der Waals surface area contributed by atoms with E-state index in [-0.39, 0.29) is 18.6 Å². The van der Waals surface area contributed by atoms with Gasteiger partial charge >= 0.3 is 6.09 Å². The molecule has 0 saturated carbocycles. The van der Waals surface area contributed by atoms with E-state index in [4.69, 9.17) is 15.0 Å². The minimum atomic E-state index is -0.491. The van der Waals surface area contributed by atoms with Gasteiger partial charge < -0.3 is 14.8 Å². The Morgan fingerprint density at radius 2 is 2.35 bits per heavy atom. The number of carbonyl (C=O) groups excluding carboxylic acids is 2. The molecule has 1 N–H and O–H groups in total. The van der Waals surface area contributed by atoms with Gasteiger partial charge in [0.25, 0.3) is 5.91 Å². The number of azide groups is 1. The number of nitrogens with one attached hydrogen (secondary N) is 1. The Bertz CT molecular complexity index is 687. The normalized spacial score (nSPS) is 19.3. The van der Waals surface area contributed by atoms with Crippen molar-refractivity contribution in [1.82, 2.24) is 4.98 Å². The summed E-state index contributed by atoms with van der Waals surface area (Å²) >= 11 is 0. The van der Waals surface area contributed by atoms with Crippen LogP contribution in [0.3, 0.4) is 0 Å². The first kappa shape index (κ1) is 14.9. The first-order chi connectivity index (χ1) is 11.2. The fourth-order valence-corrected chi connectivity index (χ4v) is 2.40. The van der Waals surface area contributed by atoms with Crippen LogP contribution in [-0.4, -0.2) is 42.8 Å². The van der Waals surface area contributed by atoms with Crippen molar-refractivity contribution in [3.05, 3.63) is 22.6 Å². The van der Waals surface area contributed by atoms with Crippen molar-refractivity contribution in [3.8, 4) is 5.75 Å². The van der Waals surface area contributed by atoms with E-state index in [1.807, 2.05) is 0 Å². The van der Waals surface area contributed by atoms with E-state index >= 15 is 0 Å². The number of hydrogen-bond donors (Lipinski definition) is 1. The molecule has 1 aromatic heterocycles. The maximum absolute atomic E-state index is 12.0. The van der Waals surface area contributed by atoms with Crippen molar-refractivity contribution in [1.29, 1.82) is 0 Å². The Balaban J connectivity index is 1.67.